The van der Waals surface area contributed by atoms with E-state index in [1.165, 1.54) is 69.8 Å². The van der Waals surface area contributed by atoms with Crippen molar-refractivity contribution in [2.24, 2.45) is 0 Å². The molecule has 0 radical (unpaired) electrons. The van der Waals surface area contributed by atoms with Gasteiger partial charge in [0.25, 0.3) is 0 Å². The first kappa shape index (κ1) is 34.5. The first-order chi connectivity index (χ1) is 27.3. The summed E-state index contributed by atoms with van der Waals surface area (Å²) in [6.45, 7) is 6.87. The Morgan fingerprint density at radius 1 is 0.500 bits per heavy atom. The summed E-state index contributed by atoms with van der Waals surface area (Å²) in [5.74, 6) is 0. The van der Waals surface area contributed by atoms with Crippen molar-refractivity contribution in [2.45, 2.75) is 26.2 Å². The fourth-order valence-corrected chi connectivity index (χ4v) is 9.94. The van der Waals surface area contributed by atoms with Gasteiger partial charge in [-0.3, -0.25) is 0 Å². The van der Waals surface area contributed by atoms with Crippen molar-refractivity contribution in [1.29, 1.82) is 0 Å². The molecule has 0 bridgehead atoms. The highest BCUT2D eigenvalue weighted by Crippen LogP contribution is 2.50. The normalized spacial score (nSPS) is 11.9. The van der Waals surface area contributed by atoms with E-state index in [2.05, 4.69) is 228 Å². The molecule has 2 nitrogen and oxygen atoms in total. The Labute approximate surface area is 340 Å². The molecule has 0 fully saturated rings. The smallest absolute Gasteiger partial charge is 0.0781 e. The minimum atomic E-state index is -0.0717. The van der Waals surface area contributed by atoms with Gasteiger partial charge in [0.1, 0.15) is 0 Å². The second-order valence-corrected chi connectivity index (χ2v) is 17.5. The first-order valence-electron chi connectivity index (χ1n) is 19.1. The molecule has 0 unspecified atom stereocenters. The molecule has 0 saturated carbocycles. The van der Waals surface area contributed by atoms with Crippen LogP contribution in [0, 0.1) is 0 Å². The van der Waals surface area contributed by atoms with Crippen LogP contribution in [-0.4, -0.2) is 4.57 Å². The molecule has 10 aromatic rings. The van der Waals surface area contributed by atoms with E-state index < -0.39 is 0 Å². The van der Waals surface area contributed by atoms with E-state index >= 15 is 0 Å². The van der Waals surface area contributed by atoms with Crippen LogP contribution in [0.2, 0.25) is 0 Å². The molecule has 0 spiro atoms. The van der Waals surface area contributed by atoms with E-state index in [4.69, 9.17) is 0 Å². The van der Waals surface area contributed by atoms with Crippen molar-refractivity contribution in [1.82, 2.24) is 4.57 Å². The van der Waals surface area contributed by atoms with Crippen molar-refractivity contribution >= 4 is 86.3 Å². The van der Waals surface area contributed by atoms with Crippen molar-refractivity contribution in [3.63, 3.8) is 0 Å². The number of fused-ring (bicyclic) bond motifs is 6. The molecule has 2 heterocycles. The molecule has 0 atom stereocenters. The van der Waals surface area contributed by atoms with Crippen LogP contribution in [-0.2, 0) is 5.41 Å². The van der Waals surface area contributed by atoms with Gasteiger partial charge in [0, 0.05) is 52.4 Å². The van der Waals surface area contributed by atoms with Gasteiger partial charge in [0.2, 0.25) is 0 Å². The summed E-state index contributed by atoms with van der Waals surface area (Å²) in [6, 6.07) is 66.8. The zero-order valence-electron chi connectivity index (χ0n) is 31.5. The van der Waals surface area contributed by atoms with Gasteiger partial charge in [-0.15, -0.1) is 11.3 Å². The molecular weight excluding hydrogens is 765 g/mol. The molecule has 4 heteroatoms. The molecule has 0 saturated heterocycles. The Kier molecular flexibility index (Phi) is 8.43. The third-order valence-corrected chi connectivity index (χ3v) is 12.6. The summed E-state index contributed by atoms with van der Waals surface area (Å²) in [4.78, 5) is 2.50. The van der Waals surface area contributed by atoms with Crippen molar-refractivity contribution in [3.05, 3.63) is 192 Å². The quantitative estimate of drug-likeness (QED) is 0.163. The Hall–Kier alpha value is -5.94. The zero-order valence-corrected chi connectivity index (χ0v) is 33.9. The monoisotopic (exact) mass is 802 g/mol. The van der Waals surface area contributed by atoms with Crippen LogP contribution in [0.3, 0.4) is 0 Å². The fourth-order valence-electron chi connectivity index (χ4n) is 8.32. The van der Waals surface area contributed by atoms with E-state index in [-0.39, 0.29) is 5.41 Å². The third-order valence-electron chi connectivity index (χ3n) is 11.0. The van der Waals surface area contributed by atoms with Crippen LogP contribution in [0.4, 0.5) is 17.1 Å². The average molecular weight is 804 g/mol. The van der Waals surface area contributed by atoms with Crippen LogP contribution < -0.4 is 4.90 Å². The lowest BCUT2D eigenvalue weighted by Gasteiger charge is -2.32. The third kappa shape index (κ3) is 5.83. The Morgan fingerprint density at radius 2 is 1.09 bits per heavy atom. The summed E-state index contributed by atoms with van der Waals surface area (Å²) in [6.07, 6.45) is 0. The number of nitrogens with zero attached hydrogens (tertiary/aromatic N) is 2. The number of hydrogen-bond acceptors (Lipinski definition) is 2. The van der Waals surface area contributed by atoms with Crippen molar-refractivity contribution in [2.75, 3.05) is 4.90 Å². The summed E-state index contributed by atoms with van der Waals surface area (Å²) in [5.41, 5.74) is 12.7. The van der Waals surface area contributed by atoms with Crippen LogP contribution in [0.1, 0.15) is 26.3 Å². The lowest BCUT2D eigenvalue weighted by Crippen LogP contribution is -2.17. The number of rotatable bonds is 6. The van der Waals surface area contributed by atoms with E-state index in [9.17, 15) is 0 Å². The highest BCUT2D eigenvalue weighted by molar-refractivity contribution is 9.10. The maximum absolute atomic E-state index is 3.97. The first-order valence-corrected chi connectivity index (χ1v) is 20.7. The zero-order chi connectivity index (χ0) is 38.0. The van der Waals surface area contributed by atoms with Gasteiger partial charge in [0.05, 0.1) is 22.4 Å². The van der Waals surface area contributed by atoms with E-state index in [1.807, 2.05) is 11.3 Å². The van der Waals surface area contributed by atoms with Gasteiger partial charge >= 0.3 is 0 Å². The minimum absolute atomic E-state index is 0.0717. The van der Waals surface area contributed by atoms with Crippen molar-refractivity contribution in [3.8, 4) is 27.9 Å². The van der Waals surface area contributed by atoms with E-state index in [0.717, 1.165) is 27.2 Å². The summed E-state index contributed by atoms with van der Waals surface area (Å²) < 4.78 is 6.11. The van der Waals surface area contributed by atoms with Gasteiger partial charge in [-0.1, -0.05) is 158 Å². The largest absolute Gasteiger partial charge is 0.308 e. The molecule has 2 aromatic heterocycles. The lowest BCUT2D eigenvalue weighted by molar-refractivity contribution is 0.590. The number of aromatic nitrogens is 1. The summed E-state index contributed by atoms with van der Waals surface area (Å²) >= 11 is 5.84. The van der Waals surface area contributed by atoms with Gasteiger partial charge in [-0.25, -0.2) is 0 Å². The van der Waals surface area contributed by atoms with Gasteiger partial charge in [-0.05, 0) is 88.3 Å². The highest BCUT2D eigenvalue weighted by Gasteiger charge is 2.27. The Morgan fingerprint density at radius 3 is 1.80 bits per heavy atom. The van der Waals surface area contributed by atoms with Gasteiger partial charge in [0.15, 0.2) is 0 Å². The second-order valence-electron chi connectivity index (χ2n) is 15.5. The fraction of sp³-hybridized carbons (Fsp3) is 0.0769. The number of halogens is 1. The summed E-state index contributed by atoms with van der Waals surface area (Å²) in [5, 5.41) is 5.05. The maximum atomic E-state index is 3.97. The number of thiophene rings is 1. The molecule has 0 N–H and O–H groups in total. The molecular formula is C52H39BrN2S. The molecule has 0 aliphatic carbocycles. The molecule has 270 valence electrons. The van der Waals surface area contributed by atoms with E-state index in [0.29, 0.717) is 0 Å². The number of benzene rings is 8. The van der Waals surface area contributed by atoms with Crippen LogP contribution in [0.5, 0.6) is 0 Å². The lowest BCUT2D eigenvalue weighted by atomic mass is 9.86. The predicted octanol–water partition coefficient (Wildman–Crippen LogP) is 16.0. The standard InChI is InChI=1S/C52H39BrN2S/c1-52(2,3)36-31-37(53)33-39(32-36)54(38-29-27-35(28-30-38)34-15-5-4-6-16-34)51-43(42-20-14-26-49-50(42)44-19-9-12-25-48(44)56-49)21-13-24-47(51)55-45-22-10-7-17-40(45)41-18-8-11-23-46(41)55/h4-33H,1-3H3. The Balaban J connectivity index is 1.35. The van der Waals surface area contributed by atoms with Crippen LogP contribution in [0.15, 0.2) is 186 Å². The molecule has 8 aromatic carbocycles. The van der Waals surface area contributed by atoms with Gasteiger partial charge < -0.3 is 9.47 Å². The maximum Gasteiger partial charge on any atom is 0.0781 e. The number of para-hydroxylation sites is 3. The Bertz CT molecular complexity index is 3020. The van der Waals surface area contributed by atoms with Gasteiger partial charge in [-0.2, -0.15) is 0 Å². The van der Waals surface area contributed by atoms with Crippen LogP contribution >= 0.6 is 27.3 Å². The number of anilines is 3. The highest BCUT2D eigenvalue weighted by atomic mass is 79.9. The second kappa shape index (κ2) is 13.7. The molecule has 0 aliphatic rings. The topological polar surface area (TPSA) is 8.17 Å². The predicted molar refractivity (Wildman–Crippen MR) is 246 cm³/mol. The molecule has 0 aliphatic heterocycles. The van der Waals surface area contributed by atoms with E-state index in [1.54, 1.807) is 0 Å². The molecule has 56 heavy (non-hydrogen) atoms. The van der Waals surface area contributed by atoms with Crippen LogP contribution in [0.25, 0.3) is 69.9 Å². The number of hydrogen-bond donors (Lipinski definition) is 0. The average Bonchev–Trinajstić information content (AvgIpc) is 3.77. The molecule has 10 rings (SSSR count). The summed E-state index contributed by atoms with van der Waals surface area (Å²) in [7, 11) is 0. The molecule has 0 amide bonds. The van der Waals surface area contributed by atoms with Crippen molar-refractivity contribution < 1.29 is 0 Å². The SMILES string of the molecule is CC(C)(C)c1cc(Br)cc(N(c2ccc(-c3ccccc3)cc2)c2c(-c3cccc4sc5ccccc5c34)cccc2-n2c3ccccc3c3ccccc32)c1. The minimum Gasteiger partial charge on any atom is -0.308 e.